The molecule has 0 heterocycles. The van der Waals surface area contributed by atoms with Gasteiger partial charge in [0.2, 0.25) is 5.91 Å². The van der Waals surface area contributed by atoms with Crippen LogP contribution in [0.3, 0.4) is 0 Å². The lowest BCUT2D eigenvalue weighted by molar-refractivity contribution is -0.121. The Morgan fingerprint density at radius 2 is 1.03 bits per heavy atom. The molecule has 0 spiro atoms. The molecule has 0 unspecified atom stereocenters. The first-order valence-electron chi connectivity index (χ1n) is 11.1. The highest BCUT2D eigenvalue weighted by molar-refractivity contribution is 5.76. The number of hydrogen-bond acceptors (Lipinski definition) is 1. The van der Waals surface area contributed by atoms with E-state index in [9.17, 15) is 4.79 Å². The van der Waals surface area contributed by atoms with Gasteiger partial charge in [-0.1, -0.05) is 101 Å². The van der Waals surface area contributed by atoms with Crippen LogP contribution < -0.4 is 5.32 Å². The number of allylic oxidation sites excluding steroid dienone is 12. The maximum atomic E-state index is 11.7. The fourth-order valence-electron chi connectivity index (χ4n) is 2.31. The van der Waals surface area contributed by atoms with Gasteiger partial charge in [0.1, 0.15) is 0 Å². The molecular weight excluding hydrogens is 354 g/mol. The summed E-state index contributed by atoms with van der Waals surface area (Å²) < 4.78 is 0. The van der Waals surface area contributed by atoms with E-state index >= 15 is 0 Å². The topological polar surface area (TPSA) is 29.1 Å². The number of carbonyl (C=O) groups is 1. The van der Waals surface area contributed by atoms with Crippen LogP contribution >= 0.6 is 0 Å². The number of hydrogen-bond donors (Lipinski definition) is 1. The quantitative estimate of drug-likeness (QED) is 0.283. The molecule has 0 bridgehead atoms. The molecule has 0 saturated carbocycles. The Hall–Kier alpha value is -2.09. The Bertz CT molecular complexity index is 568. The molecule has 1 amide bonds. The summed E-state index contributed by atoms with van der Waals surface area (Å²) in [5.74, 6) is 0.138. The molecule has 2 heteroatoms. The third-order valence-corrected chi connectivity index (χ3v) is 3.95. The largest absolute Gasteiger partial charge is 0.356 e. The van der Waals surface area contributed by atoms with E-state index in [2.05, 4.69) is 106 Å². The molecule has 0 aliphatic heterocycles. The van der Waals surface area contributed by atoms with Crippen molar-refractivity contribution in [1.82, 2.24) is 5.32 Å². The van der Waals surface area contributed by atoms with Gasteiger partial charge in [0.15, 0.2) is 0 Å². The van der Waals surface area contributed by atoms with Gasteiger partial charge in [0.05, 0.1) is 0 Å². The zero-order valence-corrected chi connectivity index (χ0v) is 19.2. The standard InChI is InChI=1S/C27H43NO/c1-5-6-7-8-9-10-11-12-13-14-15-16-17-18-19-20-21-22-23-24-26(29)28-25-27(2,3)4/h6-7,9-10,12-13,15-16,18-19,21-22H,5,8,11,14,17,20,23-25H2,1-4H3,(H,28,29)/b7-6-,10-9-,13-12-,16-15-,19-18-,22-21-. The van der Waals surface area contributed by atoms with Crippen molar-refractivity contribution in [3.05, 3.63) is 72.9 Å². The van der Waals surface area contributed by atoms with Crippen LogP contribution in [-0.4, -0.2) is 12.5 Å². The van der Waals surface area contributed by atoms with Gasteiger partial charge in [-0.25, -0.2) is 0 Å². The van der Waals surface area contributed by atoms with Gasteiger partial charge >= 0.3 is 0 Å². The number of amides is 1. The number of rotatable bonds is 15. The van der Waals surface area contributed by atoms with Crippen molar-refractivity contribution in [3.63, 3.8) is 0 Å². The molecule has 162 valence electrons. The fraction of sp³-hybridized carbons (Fsp3) is 0.519. The Kier molecular flexibility index (Phi) is 17.8. The highest BCUT2D eigenvalue weighted by Gasteiger charge is 2.10. The van der Waals surface area contributed by atoms with Gasteiger partial charge in [-0.3, -0.25) is 4.79 Å². The van der Waals surface area contributed by atoms with Crippen molar-refractivity contribution in [2.45, 2.75) is 79.1 Å². The fourth-order valence-corrected chi connectivity index (χ4v) is 2.31. The first-order valence-corrected chi connectivity index (χ1v) is 11.1. The van der Waals surface area contributed by atoms with E-state index in [0.717, 1.165) is 51.5 Å². The molecule has 0 aliphatic carbocycles. The van der Waals surface area contributed by atoms with Gasteiger partial charge in [0.25, 0.3) is 0 Å². The summed E-state index contributed by atoms with van der Waals surface area (Å²) in [6.07, 6.45) is 33.7. The Labute approximate surface area is 180 Å². The second-order valence-electron chi connectivity index (χ2n) is 8.29. The van der Waals surface area contributed by atoms with Crippen molar-refractivity contribution in [2.24, 2.45) is 5.41 Å². The zero-order chi connectivity index (χ0) is 21.6. The number of nitrogens with one attached hydrogen (secondary N) is 1. The summed E-state index contributed by atoms with van der Waals surface area (Å²) >= 11 is 0. The van der Waals surface area contributed by atoms with Crippen molar-refractivity contribution in [1.29, 1.82) is 0 Å². The van der Waals surface area contributed by atoms with E-state index in [4.69, 9.17) is 0 Å². The monoisotopic (exact) mass is 397 g/mol. The van der Waals surface area contributed by atoms with Crippen LogP contribution in [-0.2, 0) is 4.79 Å². The Balaban J connectivity index is 3.61. The average molecular weight is 398 g/mol. The van der Waals surface area contributed by atoms with Crippen molar-refractivity contribution < 1.29 is 4.79 Å². The minimum atomic E-state index is 0.138. The lowest BCUT2D eigenvalue weighted by Gasteiger charge is -2.18. The van der Waals surface area contributed by atoms with Crippen molar-refractivity contribution in [3.8, 4) is 0 Å². The SMILES string of the molecule is CC/C=C\C/C=C\C/C=C\C/C=C\C/C=C\C/C=C\CCC(=O)NCC(C)(C)C. The van der Waals surface area contributed by atoms with Crippen molar-refractivity contribution >= 4 is 5.91 Å². The average Bonchev–Trinajstić information content (AvgIpc) is 2.67. The molecule has 2 nitrogen and oxygen atoms in total. The molecule has 0 radical (unpaired) electrons. The van der Waals surface area contributed by atoms with Gasteiger partial charge < -0.3 is 5.32 Å². The molecule has 0 aromatic carbocycles. The Morgan fingerprint density at radius 3 is 1.41 bits per heavy atom. The highest BCUT2D eigenvalue weighted by atomic mass is 16.1. The first kappa shape index (κ1) is 26.9. The van der Waals surface area contributed by atoms with Gasteiger partial charge in [-0.2, -0.15) is 0 Å². The van der Waals surface area contributed by atoms with Crippen molar-refractivity contribution in [2.75, 3.05) is 6.54 Å². The van der Waals surface area contributed by atoms with Crippen LogP contribution in [0.5, 0.6) is 0 Å². The van der Waals surface area contributed by atoms with E-state index < -0.39 is 0 Å². The summed E-state index contributed by atoms with van der Waals surface area (Å²) in [6, 6.07) is 0. The number of carbonyl (C=O) groups excluding carboxylic acids is 1. The lowest BCUT2D eigenvalue weighted by atomic mass is 9.97. The van der Waals surface area contributed by atoms with Gasteiger partial charge in [-0.15, -0.1) is 0 Å². The lowest BCUT2D eigenvalue weighted by Crippen LogP contribution is -2.31. The molecule has 0 rings (SSSR count). The van der Waals surface area contributed by atoms with Crippen LogP contribution in [0.25, 0.3) is 0 Å². The van der Waals surface area contributed by atoms with E-state index in [0.29, 0.717) is 6.42 Å². The smallest absolute Gasteiger partial charge is 0.220 e. The van der Waals surface area contributed by atoms with Crippen LogP contribution in [0, 0.1) is 5.41 Å². The minimum absolute atomic E-state index is 0.138. The van der Waals surface area contributed by atoms with E-state index in [-0.39, 0.29) is 11.3 Å². The second kappa shape index (κ2) is 19.2. The molecule has 29 heavy (non-hydrogen) atoms. The van der Waals surface area contributed by atoms with Crippen LogP contribution in [0.4, 0.5) is 0 Å². The third kappa shape index (κ3) is 23.9. The zero-order valence-electron chi connectivity index (χ0n) is 19.2. The molecule has 0 fully saturated rings. The van der Waals surface area contributed by atoms with Crippen LogP contribution in [0.2, 0.25) is 0 Å². The highest BCUT2D eigenvalue weighted by Crippen LogP contribution is 2.10. The van der Waals surface area contributed by atoms with E-state index in [1.807, 2.05) is 0 Å². The first-order chi connectivity index (χ1) is 14.0. The maximum Gasteiger partial charge on any atom is 0.220 e. The molecule has 0 aromatic rings. The molecule has 0 aromatic heterocycles. The van der Waals surface area contributed by atoms with E-state index in [1.54, 1.807) is 0 Å². The summed E-state index contributed by atoms with van der Waals surface area (Å²) in [4.78, 5) is 11.7. The predicted octanol–water partition coefficient (Wildman–Crippen LogP) is 7.63. The Morgan fingerprint density at radius 1 is 0.655 bits per heavy atom. The van der Waals surface area contributed by atoms with E-state index in [1.165, 1.54) is 0 Å². The predicted molar refractivity (Wildman–Crippen MR) is 130 cm³/mol. The summed E-state index contributed by atoms with van der Waals surface area (Å²) in [5, 5.41) is 2.98. The molecule has 0 atom stereocenters. The van der Waals surface area contributed by atoms with Crippen LogP contribution in [0.1, 0.15) is 79.1 Å². The van der Waals surface area contributed by atoms with Gasteiger partial charge in [-0.05, 0) is 50.4 Å². The third-order valence-electron chi connectivity index (χ3n) is 3.95. The molecular formula is C27H43NO. The second-order valence-corrected chi connectivity index (χ2v) is 8.29. The molecule has 0 aliphatic rings. The molecule has 0 saturated heterocycles. The normalized spacial score (nSPS) is 13.4. The maximum absolute atomic E-state index is 11.7. The summed E-state index contributed by atoms with van der Waals surface area (Å²) in [6.45, 7) is 9.26. The summed E-state index contributed by atoms with van der Waals surface area (Å²) in [5.41, 5.74) is 0.143. The molecule has 1 N–H and O–H groups in total. The van der Waals surface area contributed by atoms with Crippen LogP contribution in [0.15, 0.2) is 72.9 Å². The minimum Gasteiger partial charge on any atom is -0.356 e. The summed E-state index contributed by atoms with van der Waals surface area (Å²) in [7, 11) is 0. The van der Waals surface area contributed by atoms with Gasteiger partial charge in [0, 0.05) is 13.0 Å².